The van der Waals surface area contributed by atoms with Gasteiger partial charge >= 0.3 is 0 Å². The first kappa shape index (κ1) is 17.3. The summed E-state index contributed by atoms with van der Waals surface area (Å²) < 4.78 is 1.71. The number of nitrogens with one attached hydrogen (secondary N) is 1. The van der Waals surface area contributed by atoms with Crippen molar-refractivity contribution in [2.45, 2.75) is 33.6 Å². The Balaban J connectivity index is 1.55. The van der Waals surface area contributed by atoms with Crippen LogP contribution in [0.25, 0.3) is 4.96 Å². The molecule has 0 atom stereocenters. The SMILES string of the molecule is CCN(CC)c1ccc(NC(=O)CCc2nn3c(C)nnc3s2)cc1. The number of aryl methyl sites for hydroxylation is 2. The van der Waals surface area contributed by atoms with Crippen LogP contribution in [0, 0.1) is 6.92 Å². The molecule has 1 aromatic carbocycles. The van der Waals surface area contributed by atoms with Gasteiger partial charge in [0.25, 0.3) is 0 Å². The van der Waals surface area contributed by atoms with E-state index in [4.69, 9.17) is 0 Å². The Labute approximate surface area is 150 Å². The minimum Gasteiger partial charge on any atom is -0.372 e. The number of rotatable bonds is 7. The van der Waals surface area contributed by atoms with E-state index in [1.807, 2.05) is 31.2 Å². The Hall–Kier alpha value is -2.48. The smallest absolute Gasteiger partial charge is 0.234 e. The lowest BCUT2D eigenvalue weighted by molar-refractivity contribution is -0.116. The zero-order chi connectivity index (χ0) is 17.8. The van der Waals surface area contributed by atoms with Crippen LogP contribution in [0.1, 0.15) is 31.1 Å². The summed E-state index contributed by atoms with van der Waals surface area (Å²) in [4.78, 5) is 15.2. The molecule has 2 aromatic heterocycles. The van der Waals surface area contributed by atoms with Gasteiger partial charge in [0.2, 0.25) is 10.9 Å². The van der Waals surface area contributed by atoms with Crippen LogP contribution in [0.5, 0.6) is 0 Å². The van der Waals surface area contributed by atoms with E-state index in [9.17, 15) is 4.79 Å². The molecule has 0 saturated heterocycles. The highest BCUT2D eigenvalue weighted by molar-refractivity contribution is 7.16. The van der Waals surface area contributed by atoms with E-state index in [2.05, 4.69) is 39.4 Å². The second-order valence-electron chi connectivity index (χ2n) is 5.70. The third kappa shape index (κ3) is 3.96. The summed E-state index contributed by atoms with van der Waals surface area (Å²) in [5.41, 5.74) is 1.98. The Bertz CT molecular complexity index is 850. The quantitative estimate of drug-likeness (QED) is 0.703. The molecule has 0 fully saturated rings. The second-order valence-corrected chi connectivity index (χ2v) is 6.75. The van der Waals surface area contributed by atoms with Crippen LogP contribution in [0.4, 0.5) is 11.4 Å². The molecule has 0 spiro atoms. The van der Waals surface area contributed by atoms with Crippen molar-refractivity contribution in [3.63, 3.8) is 0 Å². The Morgan fingerprint density at radius 3 is 2.56 bits per heavy atom. The molecule has 7 nitrogen and oxygen atoms in total. The Morgan fingerprint density at radius 2 is 1.92 bits per heavy atom. The van der Waals surface area contributed by atoms with Crippen molar-refractivity contribution in [1.29, 1.82) is 0 Å². The number of amides is 1. The minimum absolute atomic E-state index is 0.0155. The van der Waals surface area contributed by atoms with Gasteiger partial charge in [0.1, 0.15) is 5.01 Å². The summed E-state index contributed by atoms with van der Waals surface area (Å²) in [5, 5.41) is 16.2. The molecule has 1 amide bonds. The summed E-state index contributed by atoms with van der Waals surface area (Å²) in [5.74, 6) is 0.744. The van der Waals surface area contributed by atoms with Crippen LogP contribution < -0.4 is 10.2 Å². The first-order valence-corrected chi connectivity index (χ1v) is 9.25. The molecular formula is C17H22N6OS. The van der Waals surface area contributed by atoms with Crippen LogP contribution in [-0.4, -0.2) is 38.8 Å². The molecule has 0 radical (unpaired) electrons. The van der Waals surface area contributed by atoms with Crippen LogP contribution >= 0.6 is 11.3 Å². The number of aromatic nitrogens is 4. The number of benzene rings is 1. The summed E-state index contributed by atoms with van der Waals surface area (Å²) in [6.45, 7) is 8.06. The molecule has 0 saturated carbocycles. The van der Waals surface area contributed by atoms with Gasteiger partial charge in [-0.05, 0) is 45.0 Å². The molecule has 132 valence electrons. The van der Waals surface area contributed by atoms with E-state index in [-0.39, 0.29) is 5.91 Å². The van der Waals surface area contributed by atoms with Gasteiger partial charge in [-0.15, -0.1) is 10.2 Å². The van der Waals surface area contributed by atoms with Gasteiger partial charge < -0.3 is 10.2 Å². The van der Waals surface area contributed by atoms with E-state index in [0.717, 1.165) is 40.3 Å². The highest BCUT2D eigenvalue weighted by atomic mass is 32.1. The fourth-order valence-corrected chi connectivity index (χ4v) is 3.52. The standard InChI is InChI=1S/C17H22N6OS/c1-4-22(5-2)14-8-6-13(7-9-14)18-15(24)10-11-16-21-23-12(3)19-20-17(23)25-16/h6-9H,4-5,10-11H2,1-3H3,(H,18,24). The maximum absolute atomic E-state index is 12.2. The number of hydrogen-bond acceptors (Lipinski definition) is 6. The first-order valence-electron chi connectivity index (χ1n) is 8.43. The maximum Gasteiger partial charge on any atom is 0.234 e. The maximum atomic E-state index is 12.2. The molecule has 8 heteroatoms. The lowest BCUT2D eigenvalue weighted by Crippen LogP contribution is -2.21. The first-order chi connectivity index (χ1) is 12.1. The summed E-state index contributed by atoms with van der Waals surface area (Å²) >= 11 is 1.47. The van der Waals surface area contributed by atoms with Crippen molar-refractivity contribution in [3.8, 4) is 0 Å². The van der Waals surface area contributed by atoms with E-state index in [1.54, 1.807) is 4.52 Å². The van der Waals surface area contributed by atoms with Gasteiger partial charge in [0, 0.05) is 37.3 Å². The molecule has 0 aliphatic heterocycles. The lowest BCUT2D eigenvalue weighted by Gasteiger charge is -2.21. The number of hydrogen-bond donors (Lipinski definition) is 1. The normalized spacial score (nSPS) is 11.0. The lowest BCUT2D eigenvalue weighted by atomic mass is 10.2. The zero-order valence-electron chi connectivity index (χ0n) is 14.7. The van der Waals surface area contributed by atoms with Crippen molar-refractivity contribution < 1.29 is 4.79 Å². The number of carbonyl (C=O) groups is 1. The molecule has 0 unspecified atom stereocenters. The average Bonchev–Trinajstić information content (AvgIpc) is 3.17. The monoisotopic (exact) mass is 358 g/mol. The number of nitrogens with zero attached hydrogens (tertiary/aromatic N) is 5. The van der Waals surface area contributed by atoms with Crippen LogP contribution in [0.3, 0.4) is 0 Å². The predicted octanol–water partition coefficient (Wildman–Crippen LogP) is 2.91. The molecule has 3 aromatic rings. The van der Waals surface area contributed by atoms with Gasteiger partial charge in [-0.25, -0.2) is 0 Å². The third-order valence-electron chi connectivity index (χ3n) is 4.03. The fraction of sp³-hybridized carbons (Fsp3) is 0.412. The van der Waals surface area contributed by atoms with E-state index in [1.165, 1.54) is 11.3 Å². The largest absolute Gasteiger partial charge is 0.372 e. The summed E-state index contributed by atoms with van der Waals surface area (Å²) in [6.07, 6.45) is 0.984. The highest BCUT2D eigenvalue weighted by Crippen LogP contribution is 2.19. The van der Waals surface area contributed by atoms with Crippen molar-refractivity contribution in [2.24, 2.45) is 0 Å². The van der Waals surface area contributed by atoms with Crippen molar-refractivity contribution in [3.05, 3.63) is 35.1 Å². The van der Waals surface area contributed by atoms with E-state index >= 15 is 0 Å². The van der Waals surface area contributed by atoms with Gasteiger partial charge in [-0.2, -0.15) is 9.61 Å². The van der Waals surface area contributed by atoms with Gasteiger partial charge in [0.05, 0.1) is 0 Å². The topological polar surface area (TPSA) is 75.4 Å². The molecule has 1 N–H and O–H groups in total. The molecule has 25 heavy (non-hydrogen) atoms. The number of fused-ring (bicyclic) bond motifs is 1. The van der Waals surface area contributed by atoms with Gasteiger partial charge in [0.15, 0.2) is 5.82 Å². The average molecular weight is 358 g/mol. The predicted molar refractivity (Wildman–Crippen MR) is 100 cm³/mol. The number of carbonyl (C=O) groups excluding carboxylic acids is 1. The van der Waals surface area contributed by atoms with Crippen LogP contribution in [0.15, 0.2) is 24.3 Å². The van der Waals surface area contributed by atoms with Gasteiger partial charge in [-0.1, -0.05) is 11.3 Å². The van der Waals surface area contributed by atoms with Crippen molar-refractivity contribution in [2.75, 3.05) is 23.3 Å². The third-order valence-corrected chi connectivity index (χ3v) is 4.99. The van der Waals surface area contributed by atoms with Crippen molar-refractivity contribution >= 4 is 33.6 Å². The minimum atomic E-state index is -0.0155. The fourth-order valence-electron chi connectivity index (χ4n) is 2.64. The van der Waals surface area contributed by atoms with Crippen LogP contribution in [0.2, 0.25) is 0 Å². The highest BCUT2D eigenvalue weighted by Gasteiger charge is 2.11. The zero-order valence-corrected chi connectivity index (χ0v) is 15.5. The van der Waals surface area contributed by atoms with Gasteiger partial charge in [-0.3, -0.25) is 4.79 Å². The molecular weight excluding hydrogens is 336 g/mol. The molecule has 3 rings (SSSR count). The van der Waals surface area contributed by atoms with Crippen molar-refractivity contribution in [1.82, 2.24) is 19.8 Å². The van der Waals surface area contributed by atoms with E-state index in [0.29, 0.717) is 12.8 Å². The second kappa shape index (κ2) is 7.60. The Kier molecular flexibility index (Phi) is 5.28. The summed E-state index contributed by atoms with van der Waals surface area (Å²) in [6, 6.07) is 7.96. The molecule has 0 bridgehead atoms. The molecule has 0 aliphatic carbocycles. The van der Waals surface area contributed by atoms with E-state index < -0.39 is 0 Å². The number of anilines is 2. The summed E-state index contributed by atoms with van der Waals surface area (Å²) in [7, 11) is 0. The Morgan fingerprint density at radius 1 is 1.20 bits per heavy atom. The molecule has 0 aliphatic rings. The van der Waals surface area contributed by atoms with Crippen LogP contribution in [-0.2, 0) is 11.2 Å². The molecule has 2 heterocycles.